The van der Waals surface area contributed by atoms with Gasteiger partial charge in [-0.05, 0) is 83.7 Å². The van der Waals surface area contributed by atoms with Crippen LogP contribution in [-0.4, -0.2) is 32.7 Å². The van der Waals surface area contributed by atoms with Crippen LogP contribution in [0, 0.1) is 23.3 Å². The third-order valence-corrected chi connectivity index (χ3v) is 10.2. The van der Waals surface area contributed by atoms with E-state index in [1.54, 1.807) is 0 Å². The molecule has 4 nitrogen and oxygen atoms in total. The van der Waals surface area contributed by atoms with E-state index in [-0.39, 0.29) is 5.57 Å². The smallest absolute Gasteiger partial charge is 0.206 e. The van der Waals surface area contributed by atoms with Crippen molar-refractivity contribution in [3.8, 4) is 0 Å². The molecule has 3 aromatic carbocycles. The van der Waals surface area contributed by atoms with Crippen LogP contribution in [0.2, 0.25) is 0 Å². The van der Waals surface area contributed by atoms with Gasteiger partial charge in [-0.25, -0.2) is 22.1 Å². The van der Waals surface area contributed by atoms with E-state index in [9.17, 15) is 14.3 Å². The molecule has 224 valence electrons. The summed E-state index contributed by atoms with van der Waals surface area (Å²) in [4.78, 5) is 14.8. The second-order valence-corrected chi connectivity index (χ2v) is 12.9. The third-order valence-electron chi connectivity index (χ3n) is 10.2. The molecular formula is C35H34F4N2O2. The lowest BCUT2D eigenvalue weighted by Gasteiger charge is -2.44. The number of rotatable bonds is 3. The van der Waals surface area contributed by atoms with Crippen molar-refractivity contribution in [2.45, 2.75) is 71.1 Å². The highest BCUT2D eigenvalue weighted by Crippen LogP contribution is 2.50. The van der Waals surface area contributed by atoms with Crippen molar-refractivity contribution in [2.75, 3.05) is 31.6 Å². The largest absolute Gasteiger partial charge is 0.545 e. The summed E-state index contributed by atoms with van der Waals surface area (Å²) in [7, 11) is 2.05. The maximum Gasteiger partial charge on any atom is 0.206 e. The minimum absolute atomic E-state index is 0.103. The molecule has 7 rings (SSSR count). The SMILES string of the molecule is CCc1cc2c(c3c1=[N+](C)CCC3)C(C)(C)c1c(cc3c4c1CCCN4CCC3)C=2c1c(F)c(F)c(F)c(F)c1C(=O)[O-]. The number of carboxylic acids is 1. The number of halogens is 4. The highest BCUT2D eigenvalue weighted by molar-refractivity contribution is 5.98. The van der Waals surface area contributed by atoms with Crippen molar-refractivity contribution in [1.29, 1.82) is 0 Å². The molecule has 0 aromatic heterocycles. The number of fused-ring (bicyclic) bond motifs is 5. The van der Waals surface area contributed by atoms with Crippen LogP contribution in [0.3, 0.4) is 0 Å². The normalized spacial score (nSPS) is 18.2. The number of carboxylic acid groups (broad SMARTS) is 1. The molecule has 43 heavy (non-hydrogen) atoms. The van der Waals surface area contributed by atoms with E-state index in [1.165, 1.54) is 5.69 Å². The van der Waals surface area contributed by atoms with Gasteiger partial charge in [0.1, 0.15) is 13.6 Å². The monoisotopic (exact) mass is 590 g/mol. The van der Waals surface area contributed by atoms with Gasteiger partial charge in [-0.15, -0.1) is 0 Å². The molecule has 3 aromatic rings. The highest BCUT2D eigenvalue weighted by atomic mass is 19.2. The topological polar surface area (TPSA) is 46.4 Å². The van der Waals surface area contributed by atoms with Crippen molar-refractivity contribution in [3.63, 3.8) is 0 Å². The first-order chi connectivity index (χ1) is 20.5. The van der Waals surface area contributed by atoms with Gasteiger partial charge in [0, 0.05) is 58.4 Å². The summed E-state index contributed by atoms with van der Waals surface area (Å²) < 4.78 is 63.3. The number of carbonyl (C=O) groups is 1. The Bertz CT molecular complexity index is 1910. The molecule has 8 heteroatoms. The molecular weight excluding hydrogens is 556 g/mol. The van der Waals surface area contributed by atoms with Gasteiger partial charge < -0.3 is 14.8 Å². The summed E-state index contributed by atoms with van der Waals surface area (Å²) in [5.74, 6) is -9.95. The van der Waals surface area contributed by atoms with Gasteiger partial charge in [0.15, 0.2) is 23.3 Å². The summed E-state index contributed by atoms with van der Waals surface area (Å²) in [5, 5.41) is 14.1. The number of hydrogen-bond acceptors (Lipinski definition) is 3. The van der Waals surface area contributed by atoms with Gasteiger partial charge in [-0.2, -0.15) is 0 Å². The zero-order valence-electron chi connectivity index (χ0n) is 24.9. The Balaban J connectivity index is 1.79. The van der Waals surface area contributed by atoms with Crippen molar-refractivity contribution < 1.29 is 27.5 Å². The molecule has 0 saturated carbocycles. The minimum Gasteiger partial charge on any atom is -0.545 e. The quantitative estimate of drug-likeness (QED) is 0.202. The van der Waals surface area contributed by atoms with E-state index in [4.69, 9.17) is 0 Å². The maximum absolute atomic E-state index is 16.1. The molecule has 0 saturated heterocycles. The second kappa shape index (κ2) is 9.66. The third kappa shape index (κ3) is 3.74. The Labute approximate surface area is 248 Å². The van der Waals surface area contributed by atoms with Gasteiger partial charge in [-0.1, -0.05) is 20.8 Å². The number of hydrogen-bond donors (Lipinski definition) is 0. The van der Waals surface area contributed by atoms with Crippen LogP contribution in [0.25, 0.3) is 5.57 Å². The first kappa shape index (κ1) is 28.1. The van der Waals surface area contributed by atoms with Gasteiger partial charge in [0.25, 0.3) is 0 Å². The number of aromatic carboxylic acids is 1. The van der Waals surface area contributed by atoms with E-state index < -0.39 is 45.8 Å². The molecule has 0 N–H and O–H groups in total. The Morgan fingerprint density at radius 3 is 2.30 bits per heavy atom. The van der Waals surface area contributed by atoms with E-state index in [1.807, 2.05) is 19.1 Å². The molecule has 3 aliphatic heterocycles. The van der Waals surface area contributed by atoms with Gasteiger partial charge in [0.2, 0.25) is 5.36 Å². The van der Waals surface area contributed by atoms with Gasteiger partial charge in [-0.3, -0.25) is 0 Å². The summed E-state index contributed by atoms with van der Waals surface area (Å²) in [6, 6.07) is 3.91. The lowest BCUT2D eigenvalue weighted by Crippen LogP contribution is -2.46. The maximum atomic E-state index is 16.1. The summed E-state index contributed by atoms with van der Waals surface area (Å²) in [6.07, 6.45) is 5.72. The Morgan fingerprint density at radius 2 is 1.60 bits per heavy atom. The summed E-state index contributed by atoms with van der Waals surface area (Å²) >= 11 is 0. The molecule has 0 spiro atoms. The van der Waals surface area contributed by atoms with Crippen molar-refractivity contribution in [1.82, 2.24) is 4.58 Å². The van der Waals surface area contributed by atoms with Crippen LogP contribution in [0.4, 0.5) is 23.2 Å². The zero-order chi connectivity index (χ0) is 30.5. The van der Waals surface area contributed by atoms with Crippen molar-refractivity contribution >= 4 is 17.2 Å². The molecule has 0 unspecified atom stereocenters. The van der Waals surface area contributed by atoms with Crippen LogP contribution in [0.5, 0.6) is 0 Å². The Hall–Kier alpha value is -3.68. The van der Waals surface area contributed by atoms with Crippen molar-refractivity contribution in [2.24, 2.45) is 0 Å². The molecule has 0 fully saturated rings. The molecule has 0 atom stereocenters. The first-order valence-corrected chi connectivity index (χ1v) is 15.3. The van der Waals surface area contributed by atoms with Crippen LogP contribution in [0.15, 0.2) is 12.1 Å². The average Bonchev–Trinajstić information content (AvgIpc) is 2.97. The van der Waals surface area contributed by atoms with Crippen molar-refractivity contribution in [3.05, 3.63) is 96.0 Å². The number of aryl methyl sites for hydroxylation is 2. The zero-order valence-corrected chi connectivity index (χ0v) is 24.9. The lowest BCUT2D eigenvalue weighted by atomic mass is 9.63. The van der Waals surface area contributed by atoms with E-state index in [2.05, 4.69) is 30.4 Å². The summed E-state index contributed by atoms with van der Waals surface area (Å²) in [5.41, 5.74) is 5.28. The van der Waals surface area contributed by atoms with Gasteiger partial charge >= 0.3 is 0 Å². The van der Waals surface area contributed by atoms with Crippen LogP contribution < -0.4 is 25.2 Å². The van der Waals surface area contributed by atoms with Crippen LogP contribution in [0.1, 0.15) is 94.9 Å². The molecule has 3 heterocycles. The molecule has 0 bridgehead atoms. The number of anilines is 1. The molecule has 0 radical (unpaired) electrons. The Morgan fingerprint density at radius 1 is 0.930 bits per heavy atom. The second-order valence-electron chi connectivity index (χ2n) is 12.9. The van der Waals surface area contributed by atoms with Crippen LogP contribution >= 0.6 is 0 Å². The number of carbonyl (C=O) groups excluding carboxylic acids is 1. The fraction of sp³-hybridized carbons (Fsp3) is 0.429. The lowest BCUT2D eigenvalue weighted by molar-refractivity contribution is -0.255. The predicted octanol–water partition coefficient (Wildman–Crippen LogP) is 3.82. The van der Waals surface area contributed by atoms with E-state index in [0.29, 0.717) is 17.2 Å². The molecule has 1 aliphatic carbocycles. The standard InChI is InChI=1S/C35H34F4N2O2/c1-5-17-15-21-23(24-25(34(42)43)29(37)31(39)30(38)28(24)36)22-16-18-9-6-13-41-14-8-11-20(33(18)41)27(22)35(2,3)26(21)19-10-7-12-40(4)32(17)19/h15-16H,5-14H2,1-4H3. The number of nitrogens with zero attached hydrogens (tertiary/aromatic N) is 2. The predicted molar refractivity (Wildman–Crippen MR) is 155 cm³/mol. The van der Waals surface area contributed by atoms with E-state index >= 15 is 13.2 Å². The first-order valence-electron chi connectivity index (χ1n) is 15.3. The van der Waals surface area contributed by atoms with Gasteiger partial charge in [0.05, 0.1) is 5.97 Å². The highest BCUT2D eigenvalue weighted by Gasteiger charge is 2.43. The van der Waals surface area contributed by atoms with Crippen LogP contribution in [-0.2, 0) is 31.1 Å². The molecule has 4 aliphatic rings. The molecule has 0 amide bonds. The fourth-order valence-electron chi connectivity index (χ4n) is 8.66. The number of benzene rings is 3. The summed E-state index contributed by atoms with van der Waals surface area (Å²) in [6.45, 7) is 9.06. The average molecular weight is 591 g/mol. The fourth-order valence-corrected chi connectivity index (χ4v) is 8.66. The minimum atomic E-state index is -2.16. The van der Waals surface area contributed by atoms with E-state index in [0.717, 1.165) is 96.9 Å². The Kier molecular flexibility index (Phi) is 6.32.